The molecule has 1 aromatic rings. The Balaban J connectivity index is 2.63. The minimum absolute atomic E-state index is 0.157. The molecule has 3 nitrogen and oxygen atoms in total. The first-order chi connectivity index (χ1) is 9.62. The number of carbonyl (C=O) groups excluding carboxylic acids is 1. The molecule has 0 aliphatic heterocycles. The van der Waals surface area contributed by atoms with Crippen molar-refractivity contribution in [3.63, 3.8) is 0 Å². The lowest BCUT2D eigenvalue weighted by atomic mass is 10.0. The van der Waals surface area contributed by atoms with Gasteiger partial charge in [0.25, 0.3) is 0 Å². The second-order valence-electron chi connectivity index (χ2n) is 4.84. The summed E-state index contributed by atoms with van der Waals surface area (Å²) in [4.78, 5) is 13.9. The lowest BCUT2D eigenvalue weighted by Gasteiger charge is -2.22. The molecule has 0 heterocycles. The van der Waals surface area contributed by atoms with Gasteiger partial charge in [0.05, 0.1) is 6.54 Å². The second-order valence-corrected chi connectivity index (χ2v) is 5.28. The average Bonchev–Trinajstić information content (AvgIpc) is 2.46. The first-order valence-corrected chi connectivity index (χ1v) is 7.76. The molecule has 1 amide bonds. The van der Waals surface area contributed by atoms with E-state index in [4.69, 9.17) is 11.6 Å². The third kappa shape index (κ3) is 5.14. The molecule has 0 saturated heterocycles. The Morgan fingerprint density at radius 3 is 2.30 bits per heavy atom. The van der Waals surface area contributed by atoms with Crippen molar-refractivity contribution in [2.24, 2.45) is 0 Å². The normalized spacial score (nSPS) is 12.2. The molecule has 1 aromatic carbocycles. The highest BCUT2D eigenvalue weighted by Gasteiger charge is 2.14. The van der Waals surface area contributed by atoms with Gasteiger partial charge in [-0.05, 0) is 38.0 Å². The lowest BCUT2D eigenvalue weighted by Crippen LogP contribution is -2.39. The van der Waals surface area contributed by atoms with Crippen molar-refractivity contribution < 1.29 is 4.79 Å². The Hall–Kier alpha value is -1.06. The van der Waals surface area contributed by atoms with Crippen LogP contribution < -0.4 is 5.32 Å². The summed E-state index contributed by atoms with van der Waals surface area (Å²) in [7, 11) is 0. The van der Waals surface area contributed by atoms with Gasteiger partial charge in [-0.1, -0.05) is 37.1 Å². The number of benzene rings is 1. The van der Waals surface area contributed by atoms with Crippen molar-refractivity contribution in [1.82, 2.24) is 10.2 Å². The molecular formula is C16H25ClN2O. The summed E-state index contributed by atoms with van der Waals surface area (Å²) < 4.78 is 0. The number of carbonyl (C=O) groups is 1. The zero-order valence-corrected chi connectivity index (χ0v) is 13.4. The fourth-order valence-corrected chi connectivity index (χ4v) is 2.39. The number of nitrogens with one attached hydrogen (secondary N) is 1. The Morgan fingerprint density at radius 2 is 1.80 bits per heavy atom. The Bertz CT molecular complexity index is 401. The van der Waals surface area contributed by atoms with Crippen molar-refractivity contribution in [2.75, 3.05) is 19.6 Å². The zero-order valence-electron chi connectivity index (χ0n) is 12.7. The topological polar surface area (TPSA) is 32.3 Å². The molecule has 0 saturated carbocycles. The van der Waals surface area contributed by atoms with Gasteiger partial charge in [-0.3, -0.25) is 4.79 Å². The smallest absolute Gasteiger partial charge is 0.236 e. The summed E-state index contributed by atoms with van der Waals surface area (Å²) in [6.07, 6.45) is 2.08. The van der Waals surface area contributed by atoms with Crippen LogP contribution in [0.1, 0.15) is 45.2 Å². The summed E-state index contributed by atoms with van der Waals surface area (Å²) in [5.41, 5.74) is 1.18. The highest BCUT2D eigenvalue weighted by Crippen LogP contribution is 2.20. The van der Waals surface area contributed by atoms with Gasteiger partial charge < -0.3 is 10.2 Å². The number of rotatable bonds is 8. The highest BCUT2D eigenvalue weighted by atomic mass is 35.5. The van der Waals surface area contributed by atoms with Crippen LogP contribution in [0.5, 0.6) is 0 Å². The highest BCUT2D eigenvalue weighted by molar-refractivity contribution is 6.30. The molecule has 112 valence electrons. The average molecular weight is 297 g/mol. The standard InChI is InChI=1S/C16H25ClN2O/c1-4-7-15(13-8-10-14(17)11-9-13)18-12-16(20)19(5-2)6-3/h8-11,15,18H,4-7,12H2,1-3H3. The van der Waals surface area contributed by atoms with Gasteiger partial charge in [-0.2, -0.15) is 0 Å². The van der Waals surface area contributed by atoms with Crippen molar-refractivity contribution in [1.29, 1.82) is 0 Å². The Morgan fingerprint density at radius 1 is 1.20 bits per heavy atom. The van der Waals surface area contributed by atoms with Crippen LogP contribution in [-0.4, -0.2) is 30.4 Å². The van der Waals surface area contributed by atoms with Gasteiger partial charge in [0.1, 0.15) is 0 Å². The molecule has 1 unspecified atom stereocenters. The molecule has 0 spiro atoms. The van der Waals surface area contributed by atoms with E-state index in [0.717, 1.165) is 31.0 Å². The van der Waals surface area contributed by atoms with Crippen LogP contribution in [0.15, 0.2) is 24.3 Å². The van der Waals surface area contributed by atoms with E-state index in [2.05, 4.69) is 12.2 Å². The van der Waals surface area contributed by atoms with Crippen molar-refractivity contribution >= 4 is 17.5 Å². The third-order valence-electron chi connectivity index (χ3n) is 3.47. The largest absolute Gasteiger partial charge is 0.342 e. The molecule has 1 N–H and O–H groups in total. The molecule has 4 heteroatoms. The summed E-state index contributed by atoms with van der Waals surface area (Å²) >= 11 is 5.92. The van der Waals surface area contributed by atoms with Gasteiger partial charge >= 0.3 is 0 Å². The number of halogens is 1. The van der Waals surface area contributed by atoms with Crippen LogP contribution in [0.3, 0.4) is 0 Å². The fraction of sp³-hybridized carbons (Fsp3) is 0.562. The molecule has 1 rings (SSSR count). The summed E-state index contributed by atoms with van der Waals surface area (Å²) in [5, 5.41) is 4.11. The Labute approximate surface area is 127 Å². The van der Waals surface area contributed by atoms with Crippen LogP contribution in [0, 0.1) is 0 Å². The summed E-state index contributed by atoms with van der Waals surface area (Å²) in [5.74, 6) is 0.157. The fourth-order valence-electron chi connectivity index (χ4n) is 2.27. The van der Waals surface area contributed by atoms with Gasteiger partial charge in [-0.25, -0.2) is 0 Å². The first kappa shape index (κ1) is 17.0. The van der Waals surface area contributed by atoms with Gasteiger partial charge in [0, 0.05) is 24.2 Å². The molecule has 20 heavy (non-hydrogen) atoms. The van der Waals surface area contributed by atoms with Crippen molar-refractivity contribution in [3.8, 4) is 0 Å². The maximum Gasteiger partial charge on any atom is 0.236 e. The van der Waals surface area contributed by atoms with Gasteiger partial charge in [0.2, 0.25) is 5.91 Å². The van der Waals surface area contributed by atoms with E-state index < -0.39 is 0 Å². The first-order valence-electron chi connectivity index (χ1n) is 7.38. The number of amides is 1. The molecule has 1 atom stereocenters. The molecule has 0 radical (unpaired) electrons. The predicted molar refractivity (Wildman–Crippen MR) is 85.0 cm³/mol. The van der Waals surface area contributed by atoms with Crippen LogP contribution in [-0.2, 0) is 4.79 Å². The van der Waals surface area contributed by atoms with Crippen LogP contribution in [0.2, 0.25) is 5.02 Å². The van der Waals surface area contributed by atoms with E-state index in [9.17, 15) is 4.79 Å². The number of hydrogen-bond acceptors (Lipinski definition) is 2. The van der Waals surface area contributed by atoms with E-state index >= 15 is 0 Å². The predicted octanol–water partition coefficient (Wildman–Crippen LogP) is 3.64. The quantitative estimate of drug-likeness (QED) is 0.794. The Kier molecular flexibility index (Phi) is 7.63. The molecular weight excluding hydrogens is 272 g/mol. The maximum absolute atomic E-state index is 12.0. The molecule has 0 aliphatic carbocycles. The van der Waals surface area contributed by atoms with Crippen molar-refractivity contribution in [3.05, 3.63) is 34.9 Å². The van der Waals surface area contributed by atoms with Crippen LogP contribution >= 0.6 is 11.6 Å². The number of likely N-dealkylation sites (N-methyl/N-ethyl adjacent to an activating group) is 1. The molecule has 0 bridgehead atoms. The zero-order chi connectivity index (χ0) is 15.0. The minimum Gasteiger partial charge on any atom is -0.342 e. The van der Waals surface area contributed by atoms with Crippen molar-refractivity contribution in [2.45, 2.75) is 39.7 Å². The third-order valence-corrected chi connectivity index (χ3v) is 3.72. The van der Waals surface area contributed by atoms with E-state index in [0.29, 0.717) is 6.54 Å². The minimum atomic E-state index is 0.157. The van der Waals surface area contributed by atoms with E-state index in [-0.39, 0.29) is 11.9 Å². The maximum atomic E-state index is 12.0. The lowest BCUT2D eigenvalue weighted by molar-refractivity contribution is -0.130. The number of nitrogens with zero attached hydrogens (tertiary/aromatic N) is 1. The SMILES string of the molecule is CCCC(NCC(=O)N(CC)CC)c1ccc(Cl)cc1. The van der Waals surface area contributed by atoms with E-state index in [1.807, 2.05) is 43.0 Å². The number of hydrogen-bond donors (Lipinski definition) is 1. The van der Waals surface area contributed by atoms with Crippen LogP contribution in [0.25, 0.3) is 0 Å². The summed E-state index contributed by atoms with van der Waals surface area (Å²) in [6, 6.07) is 8.05. The van der Waals surface area contributed by atoms with Crippen LogP contribution in [0.4, 0.5) is 0 Å². The summed E-state index contributed by atoms with van der Waals surface area (Å²) in [6.45, 7) is 8.06. The monoisotopic (exact) mass is 296 g/mol. The van der Waals surface area contributed by atoms with E-state index in [1.54, 1.807) is 0 Å². The second kappa shape index (κ2) is 8.98. The molecule has 0 fully saturated rings. The van der Waals surface area contributed by atoms with Gasteiger partial charge in [-0.15, -0.1) is 0 Å². The van der Waals surface area contributed by atoms with Gasteiger partial charge in [0.15, 0.2) is 0 Å². The van der Waals surface area contributed by atoms with E-state index in [1.165, 1.54) is 5.56 Å². The molecule has 0 aromatic heterocycles. The molecule has 0 aliphatic rings.